The summed E-state index contributed by atoms with van der Waals surface area (Å²) in [7, 11) is 1.80. The van der Waals surface area contributed by atoms with E-state index in [1.165, 1.54) is 5.56 Å². The molecule has 0 spiro atoms. The lowest BCUT2D eigenvalue weighted by Gasteiger charge is -2.29. The largest absolute Gasteiger partial charge is 0.486 e. The lowest BCUT2D eigenvalue weighted by Crippen LogP contribution is -2.48. The molecule has 1 aromatic rings. The van der Waals surface area contributed by atoms with Crippen molar-refractivity contribution in [3.8, 4) is 11.5 Å². The second-order valence-corrected chi connectivity index (χ2v) is 7.92. The molecule has 0 bridgehead atoms. The summed E-state index contributed by atoms with van der Waals surface area (Å²) in [6.07, 6.45) is 2.21. The lowest BCUT2D eigenvalue weighted by atomic mass is 9.84. The van der Waals surface area contributed by atoms with Gasteiger partial charge in [0.25, 0.3) is 0 Å². The summed E-state index contributed by atoms with van der Waals surface area (Å²) in [6, 6.07) is 6.19. The van der Waals surface area contributed by atoms with Crippen LogP contribution in [0.25, 0.3) is 0 Å². The fraction of sp³-hybridized carbons (Fsp3) is 0.650. The highest BCUT2D eigenvalue weighted by Gasteiger charge is 2.30. The van der Waals surface area contributed by atoms with Gasteiger partial charge in [-0.2, -0.15) is 0 Å². The number of fused-ring (bicyclic) bond motifs is 1. The van der Waals surface area contributed by atoms with Crippen molar-refractivity contribution in [1.29, 1.82) is 0 Å². The third-order valence-corrected chi connectivity index (χ3v) is 5.18. The average Bonchev–Trinajstić information content (AvgIpc) is 3.08. The van der Waals surface area contributed by atoms with Crippen LogP contribution < -0.4 is 20.1 Å². The number of ether oxygens (including phenoxy) is 3. The van der Waals surface area contributed by atoms with Gasteiger partial charge in [-0.25, -0.2) is 0 Å². The molecular weight excluding hydrogens is 330 g/mol. The van der Waals surface area contributed by atoms with E-state index in [2.05, 4.69) is 48.5 Å². The quantitative estimate of drug-likeness (QED) is 0.623. The standard InChI is InChI=1S/C20H31N3O3/c1-19(2,15-6-7-16-17(12-15)25-11-10-24-16)13-22-18(21-4)23-14-20(3)8-5-9-26-20/h6-7,12H,5,8-11,13-14H2,1-4H3,(H2,21,22,23). The highest BCUT2D eigenvalue weighted by Crippen LogP contribution is 2.34. The number of guanidine groups is 1. The molecule has 0 radical (unpaired) electrons. The van der Waals surface area contributed by atoms with Crippen LogP contribution in [0.4, 0.5) is 0 Å². The minimum Gasteiger partial charge on any atom is -0.486 e. The molecule has 1 unspecified atom stereocenters. The second-order valence-electron chi connectivity index (χ2n) is 7.92. The van der Waals surface area contributed by atoms with Crippen LogP contribution in [0.1, 0.15) is 39.2 Å². The Morgan fingerprint density at radius 3 is 2.62 bits per heavy atom. The Hall–Kier alpha value is -1.95. The smallest absolute Gasteiger partial charge is 0.191 e. The van der Waals surface area contributed by atoms with Crippen molar-refractivity contribution in [2.24, 2.45) is 4.99 Å². The van der Waals surface area contributed by atoms with Gasteiger partial charge in [-0.1, -0.05) is 19.9 Å². The Labute approximate surface area is 156 Å². The minimum absolute atomic E-state index is 0.0821. The zero-order valence-corrected chi connectivity index (χ0v) is 16.4. The summed E-state index contributed by atoms with van der Waals surface area (Å²) in [5.74, 6) is 2.45. The van der Waals surface area contributed by atoms with Crippen molar-refractivity contribution in [3.05, 3.63) is 23.8 Å². The molecule has 6 heteroatoms. The van der Waals surface area contributed by atoms with E-state index in [1.807, 2.05) is 6.07 Å². The second kappa shape index (κ2) is 7.74. The first-order valence-electron chi connectivity index (χ1n) is 9.41. The molecule has 2 heterocycles. The molecule has 1 aromatic carbocycles. The summed E-state index contributed by atoms with van der Waals surface area (Å²) in [4.78, 5) is 4.34. The van der Waals surface area contributed by atoms with Crippen molar-refractivity contribution in [3.63, 3.8) is 0 Å². The maximum absolute atomic E-state index is 5.83. The molecule has 0 amide bonds. The van der Waals surface area contributed by atoms with Crippen molar-refractivity contribution >= 4 is 5.96 Å². The van der Waals surface area contributed by atoms with Gasteiger partial charge in [0.15, 0.2) is 17.5 Å². The van der Waals surface area contributed by atoms with Gasteiger partial charge in [0, 0.05) is 32.2 Å². The zero-order chi connectivity index (χ0) is 18.6. The Bertz CT molecular complexity index is 652. The molecule has 1 saturated heterocycles. The topological polar surface area (TPSA) is 64.1 Å². The number of hydrogen-bond acceptors (Lipinski definition) is 4. The van der Waals surface area contributed by atoms with Crippen LogP contribution in [-0.2, 0) is 10.2 Å². The molecule has 3 rings (SSSR count). The molecule has 0 aromatic heterocycles. The van der Waals surface area contributed by atoms with Gasteiger partial charge in [-0.3, -0.25) is 4.99 Å². The molecule has 2 aliphatic heterocycles. The predicted octanol–water partition coefficient (Wildman–Crippen LogP) is 2.47. The van der Waals surface area contributed by atoms with Gasteiger partial charge >= 0.3 is 0 Å². The van der Waals surface area contributed by atoms with E-state index in [1.54, 1.807) is 7.05 Å². The first-order chi connectivity index (χ1) is 12.4. The minimum atomic E-state index is -0.0943. The van der Waals surface area contributed by atoms with Crippen molar-refractivity contribution in [2.75, 3.05) is 40.0 Å². The molecule has 1 atom stereocenters. The van der Waals surface area contributed by atoms with E-state index in [-0.39, 0.29) is 11.0 Å². The van der Waals surface area contributed by atoms with Gasteiger partial charge in [0.05, 0.1) is 5.60 Å². The molecule has 2 N–H and O–H groups in total. The summed E-state index contributed by atoms with van der Waals surface area (Å²) in [5.41, 5.74) is 1.03. The first kappa shape index (κ1) is 18.8. The SMILES string of the molecule is CN=C(NCC1(C)CCCO1)NCC(C)(C)c1ccc2c(c1)OCCO2. The van der Waals surface area contributed by atoms with E-state index < -0.39 is 0 Å². The Balaban J connectivity index is 1.58. The van der Waals surface area contributed by atoms with Crippen LogP contribution in [0, 0.1) is 0 Å². The van der Waals surface area contributed by atoms with Crippen LogP contribution in [0.2, 0.25) is 0 Å². The van der Waals surface area contributed by atoms with Crippen LogP contribution in [0.5, 0.6) is 11.5 Å². The van der Waals surface area contributed by atoms with E-state index >= 15 is 0 Å². The monoisotopic (exact) mass is 361 g/mol. The average molecular weight is 361 g/mol. The van der Waals surface area contributed by atoms with Crippen LogP contribution in [0.3, 0.4) is 0 Å². The number of hydrogen-bond donors (Lipinski definition) is 2. The van der Waals surface area contributed by atoms with E-state index in [9.17, 15) is 0 Å². The molecule has 144 valence electrons. The fourth-order valence-corrected chi connectivity index (χ4v) is 3.34. The highest BCUT2D eigenvalue weighted by atomic mass is 16.6. The van der Waals surface area contributed by atoms with E-state index in [4.69, 9.17) is 14.2 Å². The van der Waals surface area contributed by atoms with Crippen LogP contribution in [0.15, 0.2) is 23.2 Å². The summed E-state index contributed by atoms with van der Waals surface area (Å²) in [6.45, 7) is 10.1. The molecule has 6 nitrogen and oxygen atoms in total. The van der Waals surface area contributed by atoms with Gasteiger partial charge in [-0.15, -0.1) is 0 Å². The van der Waals surface area contributed by atoms with Crippen molar-refractivity contribution in [2.45, 2.75) is 44.6 Å². The Morgan fingerprint density at radius 2 is 1.92 bits per heavy atom. The third-order valence-electron chi connectivity index (χ3n) is 5.18. The fourth-order valence-electron chi connectivity index (χ4n) is 3.34. The number of nitrogens with one attached hydrogen (secondary N) is 2. The number of benzene rings is 1. The Kier molecular flexibility index (Phi) is 5.61. The number of rotatable bonds is 5. The maximum Gasteiger partial charge on any atom is 0.191 e. The first-order valence-corrected chi connectivity index (χ1v) is 9.41. The van der Waals surface area contributed by atoms with Gasteiger partial charge in [-0.05, 0) is 37.5 Å². The van der Waals surface area contributed by atoms with Crippen molar-refractivity contribution in [1.82, 2.24) is 10.6 Å². The van der Waals surface area contributed by atoms with Gasteiger partial charge < -0.3 is 24.8 Å². The van der Waals surface area contributed by atoms with Gasteiger partial charge in [0.1, 0.15) is 13.2 Å². The molecule has 0 aliphatic carbocycles. The van der Waals surface area contributed by atoms with Crippen LogP contribution in [-0.4, -0.2) is 51.5 Å². The number of aliphatic imine (C=N–C) groups is 1. The lowest BCUT2D eigenvalue weighted by molar-refractivity contribution is 0.0242. The molecule has 1 fully saturated rings. The summed E-state index contributed by atoms with van der Waals surface area (Å²) >= 11 is 0. The zero-order valence-electron chi connectivity index (χ0n) is 16.4. The summed E-state index contributed by atoms with van der Waals surface area (Å²) in [5, 5.41) is 6.84. The number of nitrogens with zero attached hydrogens (tertiary/aromatic N) is 1. The Morgan fingerprint density at radius 1 is 1.15 bits per heavy atom. The van der Waals surface area contributed by atoms with E-state index in [0.29, 0.717) is 13.2 Å². The molecule has 2 aliphatic rings. The predicted molar refractivity (Wildman–Crippen MR) is 103 cm³/mol. The maximum atomic E-state index is 5.83. The highest BCUT2D eigenvalue weighted by molar-refractivity contribution is 5.79. The third kappa shape index (κ3) is 4.41. The van der Waals surface area contributed by atoms with E-state index in [0.717, 1.165) is 50.0 Å². The normalized spacial score (nSPS) is 23.0. The van der Waals surface area contributed by atoms with Gasteiger partial charge in [0.2, 0.25) is 0 Å². The molecule has 0 saturated carbocycles. The van der Waals surface area contributed by atoms with Crippen molar-refractivity contribution < 1.29 is 14.2 Å². The molecule has 26 heavy (non-hydrogen) atoms. The molecular formula is C20H31N3O3. The van der Waals surface area contributed by atoms with Crippen LogP contribution >= 0.6 is 0 Å². The summed E-state index contributed by atoms with van der Waals surface area (Å²) < 4.78 is 17.2.